The zero-order chi connectivity index (χ0) is 14.9. The maximum atomic E-state index is 11.5. The number of hydrogen-bond donors (Lipinski definition) is 1. The summed E-state index contributed by atoms with van der Waals surface area (Å²) in [6, 6.07) is 6.13. The van der Waals surface area contributed by atoms with Crippen LogP contribution >= 0.6 is 12.2 Å². The Kier molecular flexibility index (Phi) is 4.34. The first kappa shape index (κ1) is 15.3. The lowest BCUT2D eigenvalue weighted by Crippen LogP contribution is -2.40. The van der Waals surface area contributed by atoms with E-state index in [-0.39, 0.29) is 17.5 Å². The Morgan fingerprint density at radius 1 is 1.30 bits per heavy atom. The molecule has 0 unspecified atom stereocenters. The van der Waals surface area contributed by atoms with Crippen LogP contribution in [0, 0.1) is 13.8 Å². The van der Waals surface area contributed by atoms with Crippen molar-refractivity contribution in [3.63, 3.8) is 0 Å². The fourth-order valence-electron chi connectivity index (χ4n) is 2.51. The molecular weight excluding hydrogens is 292 g/mol. The zero-order valence-electron chi connectivity index (χ0n) is 12.0. The fourth-order valence-corrected chi connectivity index (χ4v) is 4.55. The third-order valence-electron chi connectivity index (χ3n) is 3.55. The molecule has 1 aromatic carbocycles. The summed E-state index contributed by atoms with van der Waals surface area (Å²) in [5.74, 6) is 0.451. The predicted octanol–water partition coefficient (Wildman–Crippen LogP) is 2.12. The molecule has 0 aromatic heterocycles. The highest BCUT2D eigenvalue weighted by atomic mass is 32.2. The van der Waals surface area contributed by atoms with Gasteiger partial charge in [-0.1, -0.05) is 6.07 Å². The standard InChI is InChI=1S/C14H20N2O2S2/c1-10-6-11(2)8-12(7-10)15-14(19)16(3)13-4-5-20(17,18)9-13/h6-8,13H,4-5,9H2,1-3H3,(H,15,19)/t13-/m1/s1. The molecule has 0 bridgehead atoms. The molecule has 1 aliphatic heterocycles. The summed E-state index contributed by atoms with van der Waals surface area (Å²) < 4.78 is 23.1. The number of benzene rings is 1. The topological polar surface area (TPSA) is 49.4 Å². The molecule has 0 spiro atoms. The Morgan fingerprint density at radius 2 is 1.90 bits per heavy atom. The molecule has 1 aromatic rings. The van der Waals surface area contributed by atoms with Crippen LogP contribution in [0.1, 0.15) is 17.5 Å². The molecule has 6 heteroatoms. The smallest absolute Gasteiger partial charge is 0.173 e. The Bertz CT molecular complexity index is 606. The molecule has 0 aliphatic carbocycles. The lowest BCUT2D eigenvalue weighted by Gasteiger charge is -2.26. The number of nitrogens with one attached hydrogen (secondary N) is 1. The monoisotopic (exact) mass is 312 g/mol. The van der Waals surface area contributed by atoms with Gasteiger partial charge in [-0.05, 0) is 55.7 Å². The SMILES string of the molecule is Cc1cc(C)cc(NC(=S)N(C)[C@@H]2CCS(=O)(=O)C2)c1. The minimum Gasteiger partial charge on any atom is -0.348 e. The van der Waals surface area contributed by atoms with Gasteiger partial charge in [0.15, 0.2) is 14.9 Å². The van der Waals surface area contributed by atoms with Crippen LogP contribution in [0.2, 0.25) is 0 Å². The molecule has 2 rings (SSSR count). The van der Waals surface area contributed by atoms with Crippen LogP contribution in [-0.2, 0) is 9.84 Å². The van der Waals surface area contributed by atoms with Gasteiger partial charge >= 0.3 is 0 Å². The molecular formula is C14H20N2O2S2. The van der Waals surface area contributed by atoms with Crippen LogP contribution in [-0.4, -0.2) is 43.0 Å². The summed E-state index contributed by atoms with van der Waals surface area (Å²) >= 11 is 5.38. The second kappa shape index (κ2) is 5.69. The molecule has 0 amide bonds. The van der Waals surface area contributed by atoms with Crippen molar-refractivity contribution in [1.29, 1.82) is 0 Å². The van der Waals surface area contributed by atoms with Crippen LogP contribution < -0.4 is 5.32 Å². The van der Waals surface area contributed by atoms with Gasteiger partial charge in [0.05, 0.1) is 11.5 Å². The quantitative estimate of drug-likeness (QED) is 0.848. The molecule has 1 aliphatic rings. The number of sulfone groups is 1. The van der Waals surface area contributed by atoms with Crippen LogP contribution in [0.4, 0.5) is 5.69 Å². The van der Waals surface area contributed by atoms with E-state index in [4.69, 9.17) is 12.2 Å². The van der Waals surface area contributed by atoms with Crippen molar-refractivity contribution < 1.29 is 8.42 Å². The average molecular weight is 312 g/mol. The minimum atomic E-state index is -2.89. The average Bonchev–Trinajstić information content (AvgIpc) is 2.67. The summed E-state index contributed by atoms with van der Waals surface area (Å²) in [6.07, 6.45) is 0.646. The van der Waals surface area contributed by atoms with E-state index in [0.29, 0.717) is 11.5 Å². The van der Waals surface area contributed by atoms with Crippen molar-refractivity contribution in [1.82, 2.24) is 4.90 Å². The van der Waals surface area contributed by atoms with Gasteiger partial charge in [0, 0.05) is 18.8 Å². The molecule has 20 heavy (non-hydrogen) atoms. The minimum absolute atomic E-state index is 0.0223. The van der Waals surface area contributed by atoms with Gasteiger partial charge in [-0.25, -0.2) is 8.42 Å². The Labute approximate surface area is 126 Å². The Balaban J connectivity index is 2.04. The van der Waals surface area contributed by atoms with Gasteiger partial charge in [-0.2, -0.15) is 0 Å². The Hall–Kier alpha value is -1.14. The molecule has 1 atom stereocenters. The van der Waals surface area contributed by atoms with Crippen molar-refractivity contribution >= 4 is 32.9 Å². The number of anilines is 1. The van der Waals surface area contributed by atoms with E-state index in [0.717, 1.165) is 5.69 Å². The zero-order valence-corrected chi connectivity index (χ0v) is 13.6. The van der Waals surface area contributed by atoms with Gasteiger partial charge in [0.1, 0.15) is 0 Å². The van der Waals surface area contributed by atoms with Crippen molar-refractivity contribution in [2.24, 2.45) is 0 Å². The van der Waals surface area contributed by atoms with Crippen LogP contribution in [0.25, 0.3) is 0 Å². The van der Waals surface area contributed by atoms with Crippen LogP contribution in [0.15, 0.2) is 18.2 Å². The van der Waals surface area contributed by atoms with Gasteiger partial charge in [0.25, 0.3) is 0 Å². The van der Waals surface area contributed by atoms with Crippen LogP contribution in [0.3, 0.4) is 0 Å². The second-order valence-corrected chi connectivity index (χ2v) is 8.09. The normalized spacial score (nSPS) is 20.6. The van der Waals surface area contributed by atoms with Gasteiger partial charge in [0.2, 0.25) is 0 Å². The molecule has 0 radical (unpaired) electrons. The van der Waals surface area contributed by atoms with E-state index in [2.05, 4.69) is 11.4 Å². The first-order valence-corrected chi connectivity index (χ1v) is 8.82. The maximum Gasteiger partial charge on any atom is 0.173 e. The summed E-state index contributed by atoms with van der Waals surface area (Å²) in [5, 5.41) is 3.76. The van der Waals surface area contributed by atoms with Crippen LogP contribution in [0.5, 0.6) is 0 Å². The van der Waals surface area contributed by atoms with Crippen molar-refractivity contribution in [2.45, 2.75) is 26.3 Å². The molecule has 110 valence electrons. The highest BCUT2D eigenvalue weighted by Gasteiger charge is 2.31. The molecule has 1 fully saturated rings. The van der Waals surface area contributed by atoms with Crippen molar-refractivity contribution in [3.8, 4) is 0 Å². The Morgan fingerprint density at radius 3 is 2.40 bits per heavy atom. The number of aryl methyl sites for hydroxylation is 2. The van der Waals surface area contributed by atoms with E-state index in [1.165, 1.54) is 11.1 Å². The summed E-state index contributed by atoms with van der Waals surface area (Å²) in [5.41, 5.74) is 3.28. The lowest BCUT2D eigenvalue weighted by molar-refractivity contribution is 0.402. The fraction of sp³-hybridized carbons (Fsp3) is 0.500. The highest BCUT2D eigenvalue weighted by Crippen LogP contribution is 2.19. The highest BCUT2D eigenvalue weighted by molar-refractivity contribution is 7.91. The first-order chi connectivity index (χ1) is 9.27. The number of thiocarbonyl (C=S) groups is 1. The van der Waals surface area contributed by atoms with E-state index >= 15 is 0 Å². The summed E-state index contributed by atoms with van der Waals surface area (Å²) in [4.78, 5) is 1.86. The van der Waals surface area contributed by atoms with Crippen molar-refractivity contribution in [3.05, 3.63) is 29.3 Å². The third kappa shape index (κ3) is 3.70. The summed E-state index contributed by atoms with van der Waals surface area (Å²) in [6.45, 7) is 4.07. The third-order valence-corrected chi connectivity index (χ3v) is 5.69. The van der Waals surface area contributed by atoms with Gasteiger partial charge in [-0.15, -0.1) is 0 Å². The maximum absolute atomic E-state index is 11.5. The first-order valence-electron chi connectivity index (χ1n) is 6.59. The second-order valence-electron chi connectivity index (χ2n) is 5.47. The van der Waals surface area contributed by atoms with E-state index in [1.54, 1.807) is 0 Å². The lowest BCUT2D eigenvalue weighted by atomic mass is 10.1. The van der Waals surface area contributed by atoms with Crippen molar-refractivity contribution in [2.75, 3.05) is 23.9 Å². The van der Waals surface area contributed by atoms with E-state index < -0.39 is 9.84 Å². The molecule has 0 saturated carbocycles. The largest absolute Gasteiger partial charge is 0.348 e. The predicted molar refractivity (Wildman–Crippen MR) is 87.0 cm³/mol. The number of nitrogens with zero attached hydrogens (tertiary/aromatic N) is 1. The molecule has 4 nitrogen and oxygen atoms in total. The molecule has 1 saturated heterocycles. The number of hydrogen-bond acceptors (Lipinski definition) is 3. The molecule has 1 N–H and O–H groups in total. The van der Waals surface area contributed by atoms with E-state index in [9.17, 15) is 8.42 Å². The van der Waals surface area contributed by atoms with Gasteiger partial charge in [-0.3, -0.25) is 0 Å². The van der Waals surface area contributed by atoms with E-state index in [1.807, 2.05) is 37.9 Å². The summed E-state index contributed by atoms with van der Waals surface area (Å²) in [7, 11) is -1.04. The molecule has 1 heterocycles. The van der Waals surface area contributed by atoms with Gasteiger partial charge < -0.3 is 10.2 Å². The number of rotatable bonds is 2.